The van der Waals surface area contributed by atoms with E-state index in [4.69, 9.17) is 0 Å². The molecule has 0 atom stereocenters. The molecule has 0 bridgehead atoms. The molecule has 0 aromatic carbocycles. The van der Waals surface area contributed by atoms with E-state index < -0.39 is 18.4 Å². The van der Waals surface area contributed by atoms with Gasteiger partial charge in [-0.3, -0.25) is 0 Å². The smallest absolute Gasteiger partial charge is 1.00 e. The maximum Gasteiger partial charge on any atom is 1.00 e. The molecule has 1 aliphatic carbocycles. The van der Waals surface area contributed by atoms with Gasteiger partial charge in [0.25, 0.3) is 0 Å². The summed E-state index contributed by atoms with van der Waals surface area (Å²) >= 11 is 2.46. The number of carbonyl (C=O) groups is 2. The molecule has 0 radical (unpaired) electrons. The standard InChI is InChI=1S/C10H19.C3H4O4.Li.2Na/c1-10(2,3)9-7-5-4-6-8-9;4-2(5)1-3(6)7;;;/h4-8H2,1-3H3;1H2,(H,4,5)(H,6,7);;;/q;;;2*+1/p-2. The van der Waals surface area contributed by atoms with Gasteiger partial charge in [-0.2, -0.15) is 0 Å². The molecule has 1 aliphatic rings. The van der Waals surface area contributed by atoms with Crippen LogP contribution in [0.2, 0.25) is 4.09 Å². The second-order valence-corrected chi connectivity index (χ2v) is 6.29. The maximum atomic E-state index is 9.28. The summed E-state index contributed by atoms with van der Waals surface area (Å²) in [5.41, 5.74) is 0.507. The van der Waals surface area contributed by atoms with Crippen molar-refractivity contribution in [2.75, 3.05) is 0 Å². The van der Waals surface area contributed by atoms with Gasteiger partial charge < -0.3 is 19.8 Å². The maximum absolute atomic E-state index is 9.28. The van der Waals surface area contributed by atoms with Gasteiger partial charge in [-0.05, 0) is 0 Å². The average Bonchev–Trinajstić information content (AvgIpc) is 2.15. The zero-order valence-corrected chi connectivity index (χ0v) is 17.9. The summed E-state index contributed by atoms with van der Waals surface area (Å²) in [7, 11) is 0. The molecular weight excluding hydrogens is 273 g/mol. The molecule has 1 saturated carbocycles. The van der Waals surface area contributed by atoms with Crippen LogP contribution in [0.15, 0.2) is 0 Å². The first-order valence-corrected chi connectivity index (χ1v) is 6.48. The predicted molar refractivity (Wildman–Crippen MR) is 65.6 cm³/mol. The van der Waals surface area contributed by atoms with Crippen molar-refractivity contribution >= 4 is 29.7 Å². The number of carboxylic acid groups (broad SMARTS) is 2. The van der Waals surface area contributed by atoms with Crippen molar-refractivity contribution in [1.82, 2.24) is 0 Å². The van der Waals surface area contributed by atoms with Crippen LogP contribution in [0.1, 0.15) is 59.3 Å². The fourth-order valence-electron chi connectivity index (χ4n) is 2.20. The number of aliphatic carboxylic acids is 2. The van der Waals surface area contributed by atoms with Gasteiger partial charge in [0.05, 0.1) is 0 Å². The molecule has 0 spiro atoms. The van der Waals surface area contributed by atoms with Crippen LogP contribution in [0, 0.1) is 5.41 Å². The van der Waals surface area contributed by atoms with Gasteiger partial charge in [-0.25, -0.2) is 0 Å². The van der Waals surface area contributed by atoms with E-state index in [1.165, 1.54) is 32.1 Å². The first-order chi connectivity index (χ1) is 8.08. The van der Waals surface area contributed by atoms with Gasteiger partial charge in [0.2, 0.25) is 0 Å². The Hall–Kier alpha value is 1.54. The van der Waals surface area contributed by atoms with Crippen molar-refractivity contribution in [1.29, 1.82) is 0 Å². The van der Waals surface area contributed by atoms with Crippen LogP contribution in [0.3, 0.4) is 0 Å². The number of carbonyl (C=O) groups excluding carboxylic acids is 2. The number of rotatable bonds is 2. The second kappa shape index (κ2) is 12.0. The zero-order valence-electron chi connectivity index (χ0n) is 13.9. The van der Waals surface area contributed by atoms with Gasteiger partial charge in [-0.1, -0.05) is 0 Å². The molecule has 1 rings (SSSR count). The van der Waals surface area contributed by atoms with Crippen molar-refractivity contribution in [2.45, 2.75) is 63.4 Å². The van der Waals surface area contributed by atoms with E-state index in [1.54, 1.807) is 0 Å². The van der Waals surface area contributed by atoms with E-state index in [9.17, 15) is 19.8 Å². The molecule has 1 fully saturated rings. The Labute approximate surface area is 175 Å². The molecule has 100 valence electrons. The normalized spacial score (nSPS) is 16.6. The Morgan fingerprint density at radius 2 is 1.35 bits per heavy atom. The summed E-state index contributed by atoms with van der Waals surface area (Å²) in [5.74, 6) is -3.25. The van der Waals surface area contributed by atoms with Crippen molar-refractivity contribution in [3.8, 4) is 0 Å². The van der Waals surface area contributed by atoms with Crippen LogP contribution in [-0.2, 0) is 9.59 Å². The summed E-state index contributed by atoms with van der Waals surface area (Å²) in [5, 5.41) is 18.6. The minimum Gasteiger partial charge on any atom is 1.00 e. The van der Waals surface area contributed by atoms with Crippen molar-refractivity contribution in [2.24, 2.45) is 5.41 Å². The van der Waals surface area contributed by atoms with Crippen molar-refractivity contribution in [3.05, 3.63) is 0 Å². The molecule has 20 heavy (non-hydrogen) atoms. The van der Waals surface area contributed by atoms with Crippen LogP contribution in [0.5, 0.6) is 0 Å². The van der Waals surface area contributed by atoms with E-state index in [2.05, 4.69) is 38.5 Å². The zero-order chi connectivity index (χ0) is 14.4. The number of carboxylic acids is 2. The largest absolute Gasteiger partial charge is 1.00 e. The van der Waals surface area contributed by atoms with Crippen molar-refractivity contribution in [3.63, 3.8) is 0 Å². The van der Waals surface area contributed by atoms with Gasteiger partial charge in [0, 0.05) is 18.4 Å². The van der Waals surface area contributed by atoms with E-state index in [1.807, 2.05) is 0 Å². The van der Waals surface area contributed by atoms with Crippen LogP contribution in [-0.4, -0.2) is 29.7 Å². The molecular formula is C13H21LiNa2O4. The predicted octanol–water partition coefficient (Wildman–Crippen LogP) is -5.79. The van der Waals surface area contributed by atoms with E-state index in [0.29, 0.717) is 9.50 Å². The molecule has 4 nitrogen and oxygen atoms in total. The Kier molecular flexibility index (Phi) is 15.9. The Bertz CT molecular complexity index is 285. The summed E-state index contributed by atoms with van der Waals surface area (Å²) in [4.78, 5) is 18.6. The third kappa shape index (κ3) is 11.2. The second-order valence-electron chi connectivity index (χ2n) is 6.29. The van der Waals surface area contributed by atoms with Gasteiger partial charge in [0.1, 0.15) is 0 Å². The monoisotopic (exact) mass is 294 g/mol. The molecule has 7 heteroatoms. The van der Waals surface area contributed by atoms with Gasteiger partial charge in [-0.15, -0.1) is 0 Å². The molecule has 0 aliphatic heterocycles. The molecule has 0 unspecified atom stereocenters. The van der Waals surface area contributed by atoms with Crippen molar-refractivity contribution < 1.29 is 78.9 Å². The molecule has 0 aromatic rings. The fraction of sp³-hybridized carbons (Fsp3) is 0.846. The fourth-order valence-corrected chi connectivity index (χ4v) is 2.20. The Morgan fingerprint density at radius 3 is 1.50 bits per heavy atom. The average molecular weight is 294 g/mol. The third-order valence-electron chi connectivity index (χ3n) is 4.06. The summed E-state index contributed by atoms with van der Waals surface area (Å²) in [6.07, 6.45) is 6.22. The van der Waals surface area contributed by atoms with Gasteiger partial charge in [0.15, 0.2) is 0 Å². The van der Waals surface area contributed by atoms with Crippen LogP contribution < -0.4 is 69.3 Å². The quantitative estimate of drug-likeness (QED) is 0.375. The summed E-state index contributed by atoms with van der Waals surface area (Å²) in [6, 6.07) is 0. The molecule has 0 aromatic heterocycles. The Balaban J connectivity index is -0.000000286. The molecule has 0 heterocycles. The topological polar surface area (TPSA) is 80.3 Å². The van der Waals surface area contributed by atoms with Crippen LogP contribution in [0.4, 0.5) is 0 Å². The number of hydrogen-bond acceptors (Lipinski definition) is 4. The SMILES string of the molecule is O=C([O-])CC(=O)[O-].[Li][C]1(C(C)(C)C)CCCCC1.[Na+].[Na+]. The third-order valence-corrected chi connectivity index (χ3v) is 4.06. The molecule has 0 N–H and O–H groups in total. The first-order valence-electron chi connectivity index (χ1n) is 6.48. The molecule has 0 amide bonds. The van der Waals surface area contributed by atoms with Crippen LogP contribution in [0.25, 0.3) is 0 Å². The van der Waals surface area contributed by atoms with Gasteiger partial charge >= 0.3 is 139 Å². The van der Waals surface area contributed by atoms with E-state index >= 15 is 0 Å². The Morgan fingerprint density at radius 1 is 1.00 bits per heavy atom. The van der Waals surface area contributed by atoms with E-state index in [-0.39, 0.29) is 59.1 Å². The number of hydrogen-bond donors (Lipinski definition) is 0. The summed E-state index contributed by atoms with van der Waals surface area (Å²) in [6.45, 7) is 7.16. The van der Waals surface area contributed by atoms with Crippen LogP contribution >= 0.6 is 0 Å². The van der Waals surface area contributed by atoms with E-state index in [0.717, 1.165) is 0 Å². The summed E-state index contributed by atoms with van der Waals surface area (Å²) < 4.78 is 0.616. The minimum atomic E-state index is -1.63. The first kappa shape index (κ1) is 26.4. The molecule has 0 saturated heterocycles. The minimum absolute atomic E-state index is 0.